The summed E-state index contributed by atoms with van der Waals surface area (Å²) in [6, 6.07) is 0. The third-order valence-electron chi connectivity index (χ3n) is 11.3. The predicted molar refractivity (Wildman–Crippen MR) is 284 cm³/mol. The average molecular weight is 917 g/mol. The highest BCUT2D eigenvalue weighted by Gasteiger charge is 2.19. The number of unbranched alkanes of at least 4 members (excludes halogenated alkanes) is 22. The lowest BCUT2D eigenvalue weighted by molar-refractivity contribution is -0.166. The quantitative estimate of drug-likeness (QED) is 0.0199. The highest BCUT2D eigenvalue weighted by atomic mass is 16.6. The molecule has 0 aliphatic carbocycles. The molecule has 6 heteroatoms. The lowest BCUT2D eigenvalue weighted by Crippen LogP contribution is -2.30. The third kappa shape index (κ3) is 51.3. The smallest absolute Gasteiger partial charge is 0.306 e. The van der Waals surface area contributed by atoms with Gasteiger partial charge in [0.05, 0.1) is 0 Å². The summed E-state index contributed by atoms with van der Waals surface area (Å²) in [4.78, 5) is 38.0. The number of hydrogen-bond donors (Lipinski definition) is 0. The number of hydrogen-bond acceptors (Lipinski definition) is 6. The van der Waals surface area contributed by atoms with Crippen LogP contribution in [0.3, 0.4) is 0 Å². The van der Waals surface area contributed by atoms with Gasteiger partial charge in [-0.15, -0.1) is 0 Å². The van der Waals surface area contributed by atoms with Gasteiger partial charge in [0.15, 0.2) is 6.10 Å². The van der Waals surface area contributed by atoms with E-state index in [-0.39, 0.29) is 44.0 Å². The van der Waals surface area contributed by atoms with E-state index < -0.39 is 6.10 Å². The molecule has 0 aromatic rings. The van der Waals surface area contributed by atoms with Crippen LogP contribution in [0, 0.1) is 0 Å². The fourth-order valence-corrected chi connectivity index (χ4v) is 7.24. The summed E-state index contributed by atoms with van der Waals surface area (Å²) in [6.07, 6.45) is 71.2. The Hall–Kier alpha value is -3.67. The number of esters is 3. The summed E-state index contributed by atoms with van der Waals surface area (Å²) < 4.78 is 16.7. The van der Waals surface area contributed by atoms with Crippen molar-refractivity contribution in [3.05, 3.63) is 97.2 Å². The van der Waals surface area contributed by atoms with Gasteiger partial charge in [-0.05, 0) is 103 Å². The summed E-state index contributed by atoms with van der Waals surface area (Å²) >= 11 is 0. The molecule has 0 rings (SSSR count). The zero-order chi connectivity index (χ0) is 47.9. The molecule has 0 fully saturated rings. The fourth-order valence-electron chi connectivity index (χ4n) is 7.24. The standard InChI is InChI=1S/C60H100O6/c1-4-7-10-13-16-19-22-25-27-29-30-31-33-35-38-41-44-47-50-53-59(62)65-56-57(55-64-58(61)52-49-46-43-40-37-34-24-21-18-15-12-9-6-3)66-60(63)54-51-48-45-42-39-36-32-28-26-23-20-17-14-11-8-5-2/h7,10,16,19,25,27-28,30-32,34,36-37,39,43,46,57H,4-6,8-9,11-15,17-18,20-24,26,29,33,35,38,40-42,44-45,47-56H2,1-3H3/b10-7-,19-16-,27-25-,31-30-,32-28-,37-34-,39-36-,46-43-. The van der Waals surface area contributed by atoms with Crippen molar-refractivity contribution in [2.75, 3.05) is 13.2 Å². The molecule has 6 nitrogen and oxygen atoms in total. The molecule has 0 spiro atoms. The van der Waals surface area contributed by atoms with Crippen LogP contribution in [0.15, 0.2) is 97.2 Å². The number of rotatable bonds is 48. The molecule has 66 heavy (non-hydrogen) atoms. The maximum absolute atomic E-state index is 12.8. The maximum Gasteiger partial charge on any atom is 0.306 e. The van der Waals surface area contributed by atoms with Gasteiger partial charge in [-0.1, -0.05) is 221 Å². The van der Waals surface area contributed by atoms with Crippen LogP contribution in [0.25, 0.3) is 0 Å². The number of ether oxygens (including phenoxy) is 3. The number of allylic oxidation sites excluding steroid dienone is 16. The van der Waals surface area contributed by atoms with Crippen molar-refractivity contribution >= 4 is 17.9 Å². The Kier molecular flexibility index (Phi) is 50.9. The Morgan fingerprint density at radius 1 is 0.333 bits per heavy atom. The molecule has 0 amide bonds. The van der Waals surface area contributed by atoms with E-state index in [0.29, 0.717) is 12.8 Å². The van der Waals surface area contributed by atoms with Crippen LogP contribution in [0.4, 0.5) is 0 Å². The highest BCUT2D eigenvalue weighted by molar-refractivity contribution is 5.71. The van der Waals surface area contributed by atoms with Crippen molar-refractivity contribution in [1.82, 2.24) is 0 Å². The first-order valence-electron chi connectivity index (χ1n) is 27.3. The topological polar surface area (TPSA) is 78.9 Å². The van der Waals surface area contributed by atoms with Crippen LogP contribution in [-0.4, -0.2) is 37.2 Å². The SMILES string of the molecule is CC/C=C\C/C=C\C/C=C\C/C=C\CCCCCCCCC(=O)OCC(COC(=O)CC/C=C\C/C=C\CCCCCCCC)OC(=O)CCCCC/C=C\C=C/CCCCCCCCC. The van der Waals surface area contributed by atoms with Gasteiger partial charge in [-0.25, -0.2) is 0 Å². The van der Waals surface area contributed by atoms with Crippen molar-refractivity contribution in [2.24, 2.45) is 0 Å². The molecule has 1 atom stereocenters. The first-order valence-corrected chi connectivity index (χ1v) is 27.3. The van der Waals surface area contributed by atoms with E-state index in [4.69, 9.17) is 14.2 Å². The van der Waals surface area contributed by atoms with Crippen LogP contribution in [0.5, 0.6) is 0 Å². The zero-order valence-electron chi connectivity index (χ0n) is 42.9. The summed E-state index contributed by atoms with van der Waals surface area (Å²) in [5.74, 6) is -1.02. The Morgan fingerprint density at radius 3 is 1.12 bits per heavy atom. The van der Waals surface area contributed by atoms with E-state index in [2.05, 4.69) is 112 Å². The van der Waals surface area contributed by atoms with Gasteiger partial charge in [0.2, 0.25) is 0 Å². The molecular weight excluding hydrogens is 817 g/mol. The van der Waals surface area contributed by atoms with Gasteiger partial charge in [0.1, 0.15) is 13.2 Å². The van der Waals surface area contributed by atoms with Crippen molar-refractivity contribution < 1.29 is 28.6 Å². The van der Waals surface area contributed by atoms with E-state index in [1.54, 1.807) is 0 Å². The van der Waals surface area contributed by atoms with Crippen LogP contribution in [0.2, 0.25) is 0 Å². The molecule has 0 N–H and O–H groups in total. The molecule has 376 valence electrons. The fraction of sp³-hybridized carbons (Fsp3) is 0.683. The van der Waals surface area contributed by atoms with Gasteiger partial charge in [-0.3, -0.25) is 14.4 Å². The molecule has 0 aliphatic heterocycles. The number of carbonyl (C=O) groups is 3. The Bertz CT molecular complexity index is 1330. The first-order chi connectivity index (χ1) is 32.5. The van der Waals surface area contributed by atoms with Gasteiger partial charge in [-0.2, -0.15) is 0 Å². The maximum atomic E-state index is 12.8. The molecule has 0 bridgehead atoms. The second-order valence-electron chi connectivity index (χ2n) is 17.8. The van der Waals surface area contributed by atoms with Crippen molar-refractivity contribution in [1.29, 1.82) is 0 Å². The van der Waals surface area contributed by atoms with Crippen LogP contribution in [0.1, 0.15) is 245 Å². The number of carbonyl (C=O) groups excluding carboxylic acids is 3. The monoisotopic (exact) mass is 917 g/mol. The molecular formula is C60H100O6. The Balaban J connectivity index is 4.50. The lowest BCUT2D eigenvalue weighted by atomic mass is 10.1. The van der Waals surface area contributed by atoms with Crippen molar-refractivity contribution in [3.8, 4) is 0 Å². The molecule has 0 aliphatic rings. The van der Waals surface area contributed by atoms with Crippen LogP contribution >= 0.6 is 0 Å². The second kappa shape index (κ2) is 53.9. The molecule has 0 aromatic heterocycles. The molecule has 1 unspecified atom stereocenters. The second-order valence-corrected chi connectivity index (χ2v) is 17.8. The third-order valence-corrected chi connectivity index (χ3v) is 11.3. The Labute approximate surface area is 407 Å². The van der Waals surface area contributed by atoms with E-state index in [0.717, 1.165) is 103 Å². The van der Waals surface area contributed by atoms with Gasteiger partial charge >= 0.3 is 17.9 Å². The largest absolute Gasteiger partial charge is 0.462 e. The molecule has 0 aromatic carbocycles. The van der Waals surface area contributed by atoms with Gasteiger partial charge in [0.25, 0.3) is 0 Å². The minimum atomic E-state index is -0.821. The summed E-state index contributed by atoms with van der Waals surface area (Å²) in [5, 5.41) is 0. The molecule has 0 heterocycles. The summed E-state index contributed by atoms with van der Waals surface area (Å²) in [6.45, 7) is 6.42. The highest BCUT2D eigenvalue weighted by Crippen LogP contribution is 2.13. The molecule has 0 saturated heterocycles. The average Bonchev–Trinajstić information content (AvgIpc) is 3.31. The van der Waals surface area contributed by atoms with Gasteiger partial charge < -0.3 is 14.2 Å². The summed E-state index contributed by atoms with van der Waals surface area (Å²) in [5.41, 5.74) is 0. The molecule has 0 radical (unpaired) electrons. The minimum Gasteiger partial charge on any atom is -0.462 e. The Morgan fingerprint density at radius 2 is 0.667 bits per heavy atom. The van der Waals surface area contributed by atoms with Crippen LogP contribution in [-0.2, 0) is 28.6 Å². The molecule has 0 saturated carbocycles. The van der Waals surface area contributed by atoms with E-state index >= 15 is 0 Å². The minimum absolute atomic E-state index is 0.114. The summed E-state index contributed by atoms with van der Waals surface area (Å²) in [7, 11) is 0. The van der Waals surface area contributed by atoms with Crippen LogP contribution < -0.4 is 0 Å². The van der Waals surface area contributed by atoms with Crippen molar-refractivity contribution in [3.63, 3.8) is 0 Å². The first kappa shape index (κ1) is 62.3. The predicted octanol–water partition coefficient (Wildman–Crippen LogP) is 18.1. The lowest BCUT2D eigenvalue weighted by Gasteiger charge is -2.18. The normalized spacial score (nSPS) is 12.8. The van der Waals surface area contributed by atoms with E-state index in [9.17, 15) is 14.4 Å². The zero-order valence-corrected chi connectivity index (χ0v) is 42.9. The van der Waals surface area contributed by atoms with Crippen molar-refractivity contribution in [2.45, 2.75) is 252 Å². The van der Waals surface area contributed by atoms with E-state index in [1.807, 2.05) is 6.08 Å². The van der Waals surface area contributed by atoms with E-state index in [1.165, 1.54) is 96.3 Å². The van der Waals surface area contributed by atoms with Gasteiger partial charge in [0, 0.05) is 19.3 Å².